The zero-order valence-electron chi connectivity index (χ0n) is 17.0. The van der Waals surface area contributed by atoms with E-state index in [4.69, 9.17) is 14.1 Å². The van der Waals surface area contributed by atoms with E-state index in [0.717, 1.165) is 63.8 Å². The number of guanidine groups is 1. The highest BCUT2D eigenvalue weighted by Gasteiger charge is 2.21. The second-order valence-corrected chi connectivity index (χ2v) is 6.57. The van der Waals surface area contributed by atoms with Crippen molar-refractivity contribution in [2.45, 2.75) is 19.8 Å². The summed E-state index contributed by atoms with van der Waals surface area (Å²) in [5, 5.41) is 6.33. The van der Waals surface area contributed by atoms with Crippen LogP contribution in [0.4, 0.5) is 0 Å². The van der Waals surface area contributed by atoms with Crippen LogP contribution >= 0.6 is 24.0 Å². The average Bonchev–Trinajstić information content (AvgIpc) is 3.19. The van der Waals surface area contributed by atoms with Crippen LogP contribution in [0.5, 0.6) is 0 Å². The molecule has 2 N–H and O–H groups in total. The maximum atomic E-state index is 11.9. The first-order chi connectivity index (χ1) is 13.2. The zero-order valence-corrected chi connectivity index (χ0v) is 19.3. The van der Waals surface area contributed by atoms with Gasteiger partial charge < -0.3 is 24.7 Å². The largest absolute Gasteiger partial charge is 0.469 e. The molecular formula is C19H34IN5O3. The first-order valence-electron chi connectivity index (χ1n) is 9.76. The number of ether oxygens (including phenoxy) is 1. The standard InChI is InChI=1S/C19H33N5O3.HI/c1-3-7-21-19(22-8-6-17-5-4-14-27-17)24-12-10-23(11-13-24)16-18(25)20-9-15-26-2;/h4-5,14H,3,6-13,15-16H2,1-2H3,(H,20,25)(H,21,22);1H. The Labute approximate surface area is 185 Å². The Morgan fingerprint density at radius 1 is 1.25 bits per heavy atom. The van der Waals surface area contributed by atoms with E-state index in [0.29, 0.717) is 19.7 Å². The number of piperazine rings is 1. The normalized spacial score (nSPS) is 15.2. The number of hydrogen-bond donors (Lipinski definition) is 2. The van der Waals surface area contributed by atoms with E-state index in [2.05, 4.69) is 27.4 Å². The number of furan rings is 1. The first-order valence-corrected chi connectivity index (χ1v) is 9.76. The molecule has 1 aliphatic heterocycles. The summed E-state index contributed by atoms with van der Waals surface area (Å²) in [6, 6.07) is 3.90. The SMILES string of the molecule is CCCN=C(NCCc1ccco1)N1CCN(CC(=O)NCCOC)CC1.I. The van der Waals surface area contributed by atoms with Gasteiger partial charge in [0.2, 0.25) is 5.91 Å². The van der Waals surface area contributed by atoms with E-state index < -0.39 is 0 Å². The number of carbonyl (C=O) groups excluding carboxylic acids is 1. The molecule has 1 fully saturated rings. The molecule has 2 rings (SSSR count). The van der Waals surface area contributed by atoms with Gasteiger partial charge in [0, 0.05) is 59.3 Å². The van der Waals surface area contributed by atoms with Crippen LogP contribution in [0.3, 0.4) is 0 Å². The summed E-state index contributed by atoms with van der Waals surface area (Å²) in [4.78, 5) is 21.1. The Balaban J connectivity index is 0.00000392. The fourth-order valence-corrected chi connectivity index (χ4v) is 2.91. The molecule has 9 heteroatoms. The molecular weight excluding hydrogens is 473 g/mol. The van der Waals surface area contributed by atoms with Crippen molar-refractivity contribution in [3.8, 4) is 0 Å². The highest BCUT2D eigenvalue weighted by Crippen LogP contribution is 2.04. The predicted octanol–water partition coefficient (Wildman–Crippen LogP) is 1.18. The molecule has 160 valence electrons. The minimum atomic E-state index is 0. The molecule has 8 nitrogen and oxygen atoms in total. The monoisotopic (exact) mass is 507 g/mol. The fraction of sp³-hybridized carbons (Fsp3) is 0.684. The number of aliphatic imine (C=N–C) groups is 1. The minimum Gasteiger partial charge on any atom is -0.469 e. The van der Waals surface area contributed by atoms with Crippen LogP contribution in [0, 0.1) is 0 Å². The second-order valence-electron chi connectivity index (χ2n) is 6.57. The predicted molar refractivity (Wildman–Crippen MR) is 121 cm³/mol. The summed E-state index contributed by atoms with van der Waals surface area (Å²) in [5.74, 6) is 1.98. The third-order valence-corrected chi connectivity index (χ3v) is 4.39. The molecule has 0 spiro atoms. The third kappa shape index (κ3) is 9.24. The highest BCUT2D eigenvalue weighted by molar-refractivity contribution is 14.0. The van der Waals surface area contributed by atoms with E-state index in [9.17, 15) is 4.79 Å². The summed E-state index contributed by atoms with van der Waals surface area (Å²) >= 11 is 0. The van der Waals surface area contributed by atoms with E-state index in [1.807, 2.05) is 12.1 Å². The van der Waals surface area contributed by atoms with E-state index in [-0.39, 0.29) is 29.9 Å². The van der Waals surface area contributed by atoms with E-state index >= 15 is 0 Å². The van der Waals surface area contributed by atoms with E-state index in [1.54, 1.807) is 13.4 Å². The van der Waals surface area contributed by atoms with Crippen LogP contribution in [0.25, 0.3) is 0 Å². The molecule has 0 atom stereocenters. The molecule has 28 heavy (non-hydrogen) atoms. The Morgan fingerprint density at radius 2 is 2.04 bits per heavy atom. The van der Waals surface area contributed by atoms with Gasteiger partial charge in [-0.05, 0) is 18.6 Å². The van der Waals surface area contributed by atoms with E-state index in [1.165, 1.54) is 0 Å². The minimum absolute atomic E-state index is 0. The lowest BCUT2D eigenvalue weighted by Gasteiger charge is -2.36. The number of rotatable bonds is 10. The molecule has 1 aliphatic rings. The van der Waals surface area contributed by atoms with Gasteiger partial charge in [0.25, 0.3) is 0 Å². The van der Waals surface area contributed by atoms with Crippen molar-refractivity contribution < 1.29 is 13.9 Å². The molecule has 0 aromatic carbocycles. The number of nitrogens with zero attached hydrogens (tertiary/aromatic N) is 3. The number of amides is 1. The van der Waals surface area contributed by atoms with Gasteiger partial charge in [0.1, 0.15) is 5.76 Å². The summed E-state index contributed by atoms with van der Waals surface area (Å²) in [6.07, 6.45) is 3.55. The lowest BCUT2D eigenvalue weighted by molar-refractivity contribution is -0.122. The lowest BCUT2D eigenvalue weighted by atomic mass is 10.3. The molecule has 1 amide bonds. The van der Waals surface area contributed by atoms with Crippen molar-refractivity contribution in [1.82, 2.24) is 20.4 Å². The third-order valence-electron chi connectivity index (χ3n) is 4.39. The maximum Gasteiger partial charge on any atom is 0.234 e. The first kappa shape index (κ1) is 24.7. The second kappa shape index (κ2) is 14.6. The van der Waals surface area contributed by atoms with Crippen molar-refractivity contribution in [2.24, 2.45) is 4.99 Å². The van der Waals surface area contributed by atoms with Gasteiger partial charge >= 0.3 is 0 Å². The Kier molecular flexibility index (Phi) is 12.9. The van der Waals surface area contributed by atoms with Gasteiger partial charge in [-0.3, -0.25) is 14.7 Å². The maximum absolute atomic E-state index is 11.9. The Bertz CT molecular complexity index is 560. The molecule has 0 radical (unpaired) electrons. The number of carbonyl (C=O) groups is 1. The number of halogens is 1. The van der Waals surface area contributed by atoms with Gasteiger partial charge in [-0.15, -0.1) is 24.0 Å². The number of hydrogen-bond acceptors (Lipinski definition) is 5. The van der Waals surface area contributed by atoms with Crippen LogP contribution in [0.15, 0.2) is 27.8 Å². The Hall–Kier alpha value is -1.33. The summed E-state index contributed by atoms with van der Waals surface area (Å²) < 4.78 is 10.3. The Morgan fingerprint density at radius 3 is 2.68 bits per heavy atom. The van der Waals surface area contributed by atoms with Crippen molar-refractivity contribution in [2.75, 3.05) is 66.1 Å². The summed E-state index contributed by atoms with van der Waals surface area (Å²) in [7, 11) is 1.63. The number of methoxy groups -OCH3 is 1. The van der Waals surface area contributed by atoms with Crippen LogP contribution in [-0.2, 0) is 16.0 Å². The van der Waals surface area contributed by atoms with Crippen molar-refractivity contribution >= 4 is 35.8 Å². The fourth-order valence-electron chi connectivity index (χ4n) is 2.91. The number of nitrogens with one attached hydrogen (secondary N) is 2. The molecule has 1 aromatic rings. The van der Waals surface area contributed by atoms with Crippen molar-refractivity contribution in [3.63, 3.8) is 0 Å². The van der Waals surface area contributed by atoms with Crippen molar-refractivity contribution in [1.29, 1.82) is 0 Å². The van der Waals surface area contributed by atoms with Crippen LogP contribution in [-0.4, -0.2) is 87.7 Å². The molecule has 0 saturated carbocycles. The molecule has 2 heterocycles. The quantitative estimate of drug-likeness (QED) is 0.214. The van der Waals surface area contributed by atoms with Gasteiger partial charge in [-0.1, -0.05) is 6.92 Å². The van der Waals surface area contributed by atoms with Gasteiger partial charge in [0.15, 0.2) is 5.96 Å². The lowest BCUT2D eigenvalue weighted by Crippen LogP contribution is -2.54. The van der Waals surface area contributed by atoms with Crippen LogP contribution in [0.1, 0.15) is 19.1 Å². The molecule has 0 aliphatic carbocycles. The van der Waals surface area contributed by atoms with Crippen molar-refractivity contribution in [3.05, 3.63) is 24.2 Å². The summed E-state index contributed by atoms with van der Waals surface area (Å²) in [6.45, 7) is 8.69. The average molecular weight is 507 g/mol. The summed E-state index contributed by atoms with van der Waals surface area (Å²) in [5.41, 5.74) is 0. The van der Waals surface area contributed by atoms with Crippen LogP contribution < -0.4 is 10.6 Å². The van der Waals surface area contributed by atoms with Gasteiger partial charge in [0.05, 0.1) is 19.4 Å². The molecule has 1 aromatic heterocycles. The van der Waals surface area contributed by atoms with Gasteiger partial charge in [-0.2, -0.15) is 0 Å². The molecule has 0 unspecified atom stereocenters. The molecule has 0 bridgehead atoms. The van der Waals surface area contributed by atoms with Gasteiger partial charge in [-0.25, -0.2) is 0 Å². The molecule has 1 saturated heterocycles. The smallest absolute Gasteiger partial charge is 0.234 e. The highest BCUT2D eigenvalue weighted by atomic mass is 127. The zero-order chi connectivity index (χ0) is 19.3. The topological polar surface area (TPSA) is 82.3 Å². The van der Waals surface area contributed by atoms with Crippen LogP contribution in [0.2, 0.25) is 0 Å².